The zero-order valence-electron chi connectivity index (χ0n) is 10.1. The van der Waals surface area contributed by atoms with Crippen LogP contribution in [0.15, 0.2) is 0 Å². The highest BCUT2D eigenvalue weighted by Crippen LogP contribution is 2.64. The van der Waals surface area contributed by atoms with Gasteiger partial charge in [-0.1, -0.05) is 11.3 Å². The van der Waals surface area contributed by atoms with E-state index in [2.05, 4.69) is 10.3 Å². The van der Waals surface area contributed by atoms with Crippen molar-refractivity contribution in [3.8, 4) is 0 Å². The second-order valence-electron chi connectivity index (χ2n) is 4.66. The SMILES string of the molecule is CC(=O)c1sc(NC(=O)[C@@]2(C)CC2(Cl)Cl)nc1C. The van der Waals surface area contributed by atoms with E-state index in [-0.39, 0.29) is 11.7 Å². The monoisotopic (exact) mass is 306 g/mol. The number of nitrogens with one attached hydrogen (secondary N) is 1. The molecule has 18 heavy (non-hydrogen) atoms. The fourth-order valence-electron chi connectivity index (χ4n) is 1.66. The van der Waals surface area contributed by atoms with E-state index in [0.29, 0.717) is 22.1 Å². The van der Waals surface area contributed by atoms with Gasteiger partial charge in [-0.3, -0.25) is 9.59 Å². The number of rotatable bonds is 3. The number of hydrogen-bond acceptors (Lipinski definition) is 4. The molecular weight excluding hydrogens is 295 g/mol. The van der Waals surface area contributed by atoms with Crippen molar-refractivity contribution < 1.29 is 9.59 Å². The topological polar surface area (TPSA) is 59.1 Å². The van der Waals surface area contributed by atoms with Crippen LogP contribution in [0, 0.1) is 12.3 Å². The summed E-state index contributed by atoms with van der Waals surface area (Å²) in [5.74, 6) is -0.330. The number of ketones is 1. The summed E-state index contributed by atoms with van der Waals surface area (Å²) in [6.45, 7) is 4.90. The van der Waals surface area contributed by atoms with E-state index < -0.39 is 9.75 Å². The summed E-state index contributed by atoms with van der Waals surface area (Å²) in [7, 11) is 0. The number of alkyl halides is 2. The van der Waals surface area contributed by atoms with Gasteiger partial charge in [0.05, 0.1) is 16.0 Å². The summed E-state index contributed by atoms with van der Waals surface area (Å²) < 4.78 is -1.01. The Labute approximate surface area is 119 Å². The number of hydrogen-bond donors (Lipinski definition) is 1. The van der Waals surface area contributed by atoms with Crippen LogP contribution in [0.5, 0.6) is 0 Å². The van der Waals surface area contributed by atoms with E-state index in [1.165, 1.54) is 6.92 Å². The van der Waals surface area contributed by atoms with Crippen molar-refractivity contribution in [1.29, 1.82) is 0 Å². The predicted molar refractivity (Wildman–Crippen MR) is 72.6 cm³/mol. The minimum atomic E-state index is -1.01. The maximum Gasteiger partial charge on any atom is 0.235 e. The summed E-state index contributed by atoms with van der Waals surface area (Å²) in [6.07, 6.45) is 0.416. The molecule has 0 aliphatic heterocycles. The largest absolute Gasteiger partial charge is 0.301 e. The zero-order chi connectivity index (χ0) is 13.7. The Morgan fingerprint density at radius 3 is 2.39 bits per heavy atom. The van der Waals surface area contributed by atoms with Gasteiger partial charge in [0.1, 0.15) is 4.33 Å². The first kappa shape index (κ1) is 13.8. The van der Waals surface area contributed by atoms with E-state index in [1.807, 2.05) is 0 Å². The first-order valence-corrected chi connectivity index (χ1v) is 6.92. The number of carbonyl (C=O) groups is 2. The lowest BCUT2D eigenvalue weighted by atomic mass is 10.1. The summed E-state index contributed by atoms with van der Waals surface area (Å²) in [5.41, 5.74) is -0.168. The maximum absolute atomic E-state index is 12.0. The van der Waals surface area contributed by atoms with Gasteiger partial charge in [0.15, 0.2) is 10.9 Å². The Morgan fingerprint density at radius 1 is 1.44 bits per heavy atom. The number of nitrogens with zero attached hydrogens (tertiary/aromatic N) is 1. The minimum absolute atomic E-state index is 0.0628. The van der Waals surface area contributed by atoms with Crippen LogP contribution in [0.2, 0.25) is 0 Å². The number of halogens is 2. The minimum Gasteiger partial charge on any atom is -0.301 e. The molecule has 1 saturated carbocycles. The Morgan fingerprint density at radius 2 is 2.00 bits per heavy atom. The highest BCUT2D eigenvalue weighted by Gasteiger charge is 2.68. The Kier molecular flexibility index (Phi) is 3.20. The third-order valence-electron chi connectivity index (χ3n) is 3.10. The molecule has 1 aromatic rings. The van der Waals surface area contributed by atoms with E-state index in [1.54, 1.807) is 13.8 Å². The van der Waals surface area contributed by atoms with Gasteiger partial charge in [0.2, 0.25) is 5.91 Å². The van der Waals surface area contributed by atoms with Gasteiger partial charge in [-0.2, -0.15) is 0 Å². The van der Waals surface area contributed by atoms with Crippen LogP contribution in [0.3, 0.4) is 0 Å². The van der Waals surface area contributed by atoms with E-state index >= 15 is 0 Å². The Balaban J connectivity index is 2.14. The van der Waals surface area contributed by atoms with Crippen molar-refractivity contribution >= 4 is 51.4 Å². The van der Waals surface area contributed by atoms with E-state index in [9.17, 15) is 9.59 Å². The molecule has 0 spiro atoms. The van der Waals surface area contributed by atoms with E-state index in [4.69, 9.17) is 23.2 Å². The van der Waals surface area contributed by atoms with Gasteiger partial charge in [0.25, 0.3) is 0 Å². The molecule has 1 amide bonds. The van der Waals surface area contributed by atoms with Crippen LogP contribution in [0.1, 0.15) is 35.6 Å². The maximum atomic E-state index is 12.0. The second kappa shape index (κ2) is 4.18. The first-order valence-electron chi connectivity index (χ1n) is 5.35. The molecular formula is C11H12Cl2N2O2S. The van der Waals surface area contributed by atoms with Crippen LogP contribution in [-0.4, -0.2) is 21.0 Å². The molecule has 1 aliphatic rings. The lowest BCUT2D eigenvalue weighted by molar-refractivity contribution is -0.120. The van der Waals surface area contributed by atoms with E-state index in [0.717, 1.165) is 11.3 Å². The number of Topliss-reactive ketones (excluding diaryl/α,β-unsaturated/α-hetero) is 1. The molecule has 4 nitrogen and oxygen atoms in total. The van der Waals surface area contributed by atoms with Gasteiger partial charge < -0.3 is 5.32 Å². The summed E-state index contributed by atoms with van der Waals surface area (Å²) in [5, 5.41) is 3.07. The Hall–Kier alpha value is -0.650. The number of carbonyl (C=O) groups excluding carboxylic acids is 2. The molecule has 1 atom stereocenters. The fourth-order valence-corrected chi connectivity index (χ4v) is 3.22. The zero-order valence-corrected chi connectivity index (χ0v) is 12.5. The molecule has 0 radical (unpaired) electrons. The average molecular weight is 307 g/mol. The molecule has 0 saturated heterocycles. The molecule has 1 fully saturated rings. The third kappa shape index (κ3) is 2.15. The van der Waals surface area contributed by atoms with Gasteiger partial charge in [0, 0.05) is 6.92 Å². The summed E-state index contributed by atoms with van der Waals surface area (Å²) in [4.78, 5) is 28.0. The molecule has 0 bridgehead atoms. The van der Waals surface area contributed by atoms with Gasteiger partial charge in [-0.15, -0.1) is 23.2 Å². The molecule has 98 valence electrons. The molecule has 1 N–H and O–H groups in total. The molecule has 0 unspecified atom stereocenters. The van der Waals surface area contributed by atoms with Gasteiger partial charge in [-0.05, 0) is 20.3 Å². The molecule has 0 aromatic carbocycles. The highest BCUT2D eigenvalue weighted by molar-refractivity contribution is 7.17. The van der Waals surface area contributed by atoms with Crippen LogP contribution in [-0.2, 0) is 4.79 Å². The second-order valence-corrected chi connectivity index (χ2v) is 7.14. The van der Waals surface area contributed by atoms with Gasteiger partial charge in [-0.25, -0.2) is 4.98 Å². The smallest absolute Gasteiger partial charge is 0.235 e. The van der Waals surface area contributed by atoms with Crippen molar-refractivity contribution in [2.45, 2.75) is 31.5 Å². The van der Waals surface area contributed by atoms with Crippen LogP contribution < -0.4 is 5.32 Å². The molecule has 1 aromatic heterocycles. The summed E-state index contributed by atoms with van der Waals surface area (Å²) in [6, 6.07) is 0. The Bertz CT molecular complexity index is 541. The average Bonchev–Trinajstić information content (AvgIpc) is 2.58. The van der Waals surface area contributed by atoms with Crippen molar-refractivity contribution in [3.63, 3.8) is 0 Å². The van der Waals surface area contributed by atoms with Crippen molar-refractivity contribution in [1.82, 2.24) is 4.98 Å². The van der Waals surface area contributed by atoms with Crippen LogP contribution in [0.25, 0.3) is 0 Å². The quantitative estimate of drug-likeness (QED) is 0.689. The van der Waals surface area contributed by atoms with Crippen LogP contribution >= 0.6 is 34.5 Å². The summed E-state index contributed by atoms with van der Waals surface area (Å²) >= 11 is 13.0. The highest BCUT2D eigenvalue weighted by atomic mass is 35.5. The van der Waals surface area contributed by atoms with Crippen molar-refractivity contribution in [3.05, 3.63) is 10.6 Å². The first-order chi connectivity index (χ1) is 8.17. The number of aromatic nitrogens is 1. The lowest BCUT2D eigenvalue weighted by Crippen LogP contribution is -2.25. The normalized spacial score (nSPS) is 24.7. The van der Waals surface area contributed by atoms with Gasteiger partial charge >= 0.3 is 0 Å². The standard InChI is InChI=1S/C11H12Cl2N2O2S/c1-5-7(6(2)16)18-9(14-5)15-8(17)10(3)4-11(10,12)13/h4H2,1-3H3,(H,14,15,17)/t10-/m1/s1. The van der Waals surface area contributed by atoms with Crippen LogP contribution in [0.4, 0.5) is 5.13 Å². The van der Waals surface area contributed by atoms with Crippen molar-refractivity contribution in [2.75, 3.05) is 5.32 Å². The lowest BCUT2D eigenvalue weighted by Gasteiger charge is -2.10. The molecule has 1 heterocycles. The predicted octanol–water partition coefficient (Wildman–Crippen LogP) is 3.18. The number of aryl methyl sites for hydroxylation is 1. The number of thiazole rings is 1. The molecule has 7 heteroatoms. The fraction of sp³-hybridized carbons (Fsp3) is 0.545. The number of amides is 1. The molecule has 1 aliphatic carbocycles. The number of anilines is 1. The van der Waals surface area contributed by atoms with Crippen molar-refractivity contribution in [2.24, 2.45) is 5.41 Å². The third-order valence-corrected chi connectivity index (χ3v) is 5.37. The molecule has 2 rings (SSSR count).